The Morgan fingerprint density at radius 2 is 1.46 bits per heavy atom. The first-order chi connectivity index (χ1) is 31.4. The quantitative estimate of drug-likeness (QED) is 0.0732. The number of hydrogen-bond donors (Lipinski definition) is 1. The van der Waals surface area contributed by atoms with E-state index < -0.39 is 104 Å². The number of likely N-dealkylation sites (tertiary alicyclic amines) is 1. The van der Waals surface area contributed by atoms with Crippen molar-refractivity contribution < 1.29 is 64.6 Å². The molecule has 0 radical (unpaired) electrons. The van der Waals surface area contributed by atoms with Crippen molar-refractivity contribution in [3.05, 3.63) is 83.4 Å². The van der Waals surface area contributed by atoms with Gasteiger partial charge in [-0.2, -0.15) is 14.0 Å². The Balaban J connectivity index is 1.24. The van der Waals surface area contributed by atoms with E-state index in [-0.39, 0.29) is 49.0 Å². The second kappa shape index (κ2) is 20.4. The van der Waals surface area contributed by atoms with Crippen LogP contribution in [0.25, 0.3) is 10.8 Å². The van der Waals surface area contributed by atoms with Crippen LogP contribution in [0.15, 0.2) is 66.7 Å². The van der Waals surface area contributed by atoms with Crippen LogP contribution in [-0.4, -0.2) is 115 Å². The molecule has 3 saturated heterocycles. The average Bonchev–Trinajstić information content (AvgIpc) is 3.91. The molecule has 20 heteroatoms. The highest BCUT2D eigenvalue weighted by atomic mass is 31.2. The summed E-state index contributed by atoms with van der Waals surface area (Å²) in [4.78, 5) is 72.0. The molecule has 3 fully saturated rings. The molecule has 1 N–H and O–H groups in total. The maximum absolute atomic E-state index is 16.5. The van der Waals surface area contributed by atoms with Gasteiger partial charge in [0.1, 0.15) is 12.1 Å². The fraction of sp³-hybridized carbons (Fsp3) is 0.532. The highest BCUT2D eigenvalue weighted by Crippen LogP contribution is 2.67. The summed E-state index contributed by atoms with van der Waals surface area (Å²) in [6, 6.07) is 16.0. The third kappa shape index (κ3) is 11.7. The van der Waals surface area contributed by atoms with Crippen LogP contribution in [0.2, 0.25) is 0 Å². The van der Waals surface area contributed by atoms with Crippen molar-refractivity contribution in [3.8, 4) is 6.07 Å². The topological polar surface area (TPSA) is 185 Å². The van der Waals surface area contributed by atoms with Crippen LogP contribution in [0.4, 0.5) is 17.6 Å². The van der Waals surface area contributed by atoms with Gasteiger partial charge in [0.15, 0.2) is 0 Å². The number of nitrogens with one attached hydrogen (secondary N) is 1. The van der Waals surface area contributed by atoms with Crippen LogP contribution < -0.4 is 5.32 Å². The molecule has 15 nitrogen and oxygen atoms in total. The maximum atomic E-state index is 16.5. The number of nitrogens with zero attached hydrogens (tertiary/aromatic N) is 4. The number of hydrogen-bond acceptors (Lipinski definition) is 12. The smallest absolute Gasteiger partial charge is 0.410 e. The van der Waals surface area contributed by atoms with Gasteiger partial charge >= 0.3 is 25.2 Å². The molecule has 0 aliphatic carbocycles. The number of esters is 2. The number of carbonyl (C=O) groups excluding carboxylic acids is 5. The Bertz CT molecular complexity index is 2390. The first-order valence-electron chi connectivity index (χ1n) is 22.0. The van der Waals surface area contributed by atoms with Gasteiger partial charge in [0.25, 0.3) is 12.3 Å². The summed E-state index contributed by atoms with van der Waals surface area (Å²) in [6.45, 7) is 6.15. The van der Waals surface area contributed by atoms with E-state index in [1.54, 1.807) is 4.90 Å². The van der Waals surface area contributed by atoms with Gasteiger partial charge in [0, 0.05) is 49.3 Å². The molecule has 6 rings (SSSR count). The first-order valence-corrected chi connectivity index (χ1v) is 23.5. The molecule has 0 saturated carbocycles. The zero-order valence-electron chi connectivity index (χ0n) is 38.2. The number of rotatable bonds is 14. The number of carbonyl (C=O) groups is 5. The molecule has 0 unspecified atom stereocenters. The van der Waals surface area contributed by atoms with Gasteiger partial charge < -0.3 is 24.6 Å². The first kappa shape index (κ1) is 51.0. The molecule has 0 bridgehead atoms. The molecule has 5 atom stereocenters. The number of nitriles is 1. The van der Waals surface area contributed by atoms with Crippen molar-refractivity contribution in [1.29, 1.82) is 5.26 Å². The van der Waals surface area contributed by atoms with E-state index in [1.165, 1.54) is 75.6 Å². The van der Waals surface area contributed by atoms with Gasteiger partial charge in [-0.3, -0.25) is 42.5 Å². The van der Waals surface area contributed by atoms with Crippen molar-refractivity contribution in [2.75, 3.05) is 46.3 Å². The van der Waals surface area contributed by atoms with Crippen molar-refractivity contribution in [3.63, 3.8) is 0 Å². The van der Waals surface area contributed by atoms with Crippen molar-refractivity contribution >= 4 is 48.0 Å². The lowest BCUT2D eigenvalue weighted by molar-refractivity contribution is -0.163. The Morgan fingerprint density at radius 1 is 0.836 bits per heavy atom. The third-order valence-electron chi connectivity index (χ3n) is 12.1. The molecule has 3 aromatic rings. The molecular weight excluding hydrogens is 902 g/mol. The second-order valence-corrected chi connectivity index (χ2v) is 21.2. The fourth-order valence-corrected chi connectivity index (χ4v) is 9.66. The summed E-state index contributed by atoms with van der Waals surface area (Å²) in [5, 5.41) is 13.1. The van der Waals surface area contributed by atoms with Crippen LogP contribution in [0.1, 0.15) is 88.2 Å². The Labute approximate surface area is 386 Å². The number of halogens is 4. The molecule has 362 valence electrons. The van der Waals surface area contributed by atoms with Gasteiger partial charge in [0.05, 0.1) is 29.4 Å². The summed E-state index contributed by atoms with van der Waals surface area (Å²) in [5.41, 5.74) is -6.72. The molecule has 3 amide bonds. The van der Waals surface area contributed by atoms with E-state index in [0.717, 1.165) is 17.7 Å². The highest BCUT2D eigenvalue weighted by molar-refractivity contribution is 7.54. The van der Waals surface area contributed by atoms with Crippen molar-refractivity contribution in [2.24, 2.45) is 16.7 Å². The van der Waals surface area contributed by atoms with Crippen LogP contribution in [0.3, 0.4) is 0 Å². The van der Waals surface area contributed by atoms with Crippen LogP contribution in [0, 0.1) is 28.1 Å². The standard InChI is InChI=1S/C47H56F4N5O10P/c1-45(2,3)43(60)63-27-65-67(62,66-28-64-44(61)46(4,5)6)47(50,51)34-15-14-29-12-13-31(20-32(29)21-34)40(57)53-37-25-54(26-39(48)49)19-18-35-16-17-38(56(35)41(37)58)42(59)55-23-33(22-52)36(24-55)30-10-8-7-9-11-30/h7-15,20-21,33,35-39H,16-19,23-28H2,1-6H3,(H,53,57)/t33-,35-,36+,37+,38+/m1/s1. The Hall–Kier alpha value is -5.41. The minimum absolute atomic E-state index is 0.0402. The van der Waals surface area contributed by atoms with E-state index in [2.05, 4.69) is 11.4 Å². The van der Waals surface area contributed by atoms with Gasteiger partial charge in [-0.15, -0.1) is 0 Å². The number of amides is 3. The minimum Gasteiger partial charge on any atom is -0.438 e. The fourth-order valence-electron chi connectivity index (χ4n) is 8.42. The molecule has 3 aliphatic rings. The SMILES string of the molecule is CC(C)(C)C(=O)OCOP(=O)(OCOC(=O)C(C)(C)C)C(F)(F)c1ccc2ccc(C(=O)N[C@H]3CN(CC(F)F)CC[C@H]4CC[C@@H](C(=O)N5C[C@@H](C#N)[C@H](c6ccccc6)C5)N4C3=O)cc2c1. The summed E-state index contributed by atoms with van der Waals surface area (Å²) in [5.74, 6) is -4.28. The molecule has 3 aliphatic heterocycles. The van der Waals surface area contributed by atoms with Gasteiger partial charge in [-0.25, -0.2) is 8.78 Å². The summed E-state index contributed by atoms with van der Waals surface area (Å²) in [6.07, 6.45) is -1.75. The van der Waals surface area contributed by atoms with Gasteiger partial charge in [0.2, 0.25) is 25.4 Å². The predicted octanol–water partition coefficient (Wildman–Crippen LogP) is 7.40. The predicted molar refractivity (Wildman–Crippen MR) is 235 cm³/mol. The Kier molecular flexibility index (Phi) is 15.6. The monoisotopic (exact) mass is 957 g/mol. The van der Waals surface area contributed by atoms with Crippen molar-refractivity contribution in [1.82, 2.24) is 20.0 Å². The summed E-state index contributed by atoms with van der Waals surface area (Å²) >= 11 is 0. The highest BCUT2D eigenvalue weighted by Gasteiger charge is 2.56. The second-order valence-electron chi connectivity index (χ2n) is 19.1. The van der Waals surface area contributed by atoms with Gasteiger partial charge in [-0.1, -0.05) is 48.5 Å². The largest absolute Gasteiger partial charge is 0.438 e. The van der Waals surface area contributed by atoms with Crippen LogP contribution in [-0.2, 0) is 47.9 Å². The van der Waals surface area contributed by atoms with E-state index in [4.69, 9.17) is 18.5 Å². The molecule has 0 spiro atoms. The lowest BCUT2D eigenvalue weighted by Gasteiger charge is -2.39. The number of ether oxygens (including phenoxy) is 2. The number of alkyl halides is 4. The molecule has 3 heterocycles. The third-order valence-corrected chi connectivity index (χ3v) is 14.0. The Morgan fingerprint density at radius 3 is 2.06 bits per heavy atom. The average molecular weight is 958 g/mol. The van der Waals surface area contributed by atoms with E-state index >= 15 is 8.78 Å². The van der Waals surface area contributed by atoms with Crippen LogP contribution in [0.5, 0.6) is 0 Å². The van der Waals surface area contributed by atoms with E-state index in [9.17, 15) is 42.6 Å². The maximum Gasteiger partial charge on any atom is 0.410 e. The summed E-state index contributed by atoms with van der Waals surface area (Å²) < 4.78 is 94.4. The number of fused-ring (bicyclic) bond motifs is 2. The summed E-state index contributed by atoms with van der Waals surface area (Å²) in [7, 11) is -5.68. The lowest BCUT2D eigenvalue weighted by atomic mass is 9.90. The van der Waals surface area contributed by atoms with E-state index in [1.807, 2.05) is 30.3 Å². The normalized spacial score (nSPS) is 21.9. The minimum atomic E-state index is -5.68. The zero-order valence-corrected chi connectivity index (χ0v) is 39.1. The molecular formula is C47H56F4N5O10P. The van der Waals surface area contributed by atoms with Gasteiger partial charge in [-0.05, 0) is 95.3 Å². The zero-order chi connectivity index (χ0) is 49.1. The van der Waals surface area contributed by atoms with E-state index in [0.29, 0.717) is 24.6 Å². The lowest BCUT2D eigenvalue weighted by Crippen LogP contribution is -2.61. The number of benzene rings is 3. The molecule has 3 aromatic carbocycles. The van der Waals surface area contributed by atoms with Crippen LogP contribution >= 0.6 is 7.60 Å². The van der Waals surface area contributed by atoms with Crippen molar-refractivity contribution in [2.45, 2.75) is 96.9 Å². The molecule has 0 aromatic heterocycles. The molecule has 67 heavy (non-hydrogen) atoms.